The molecule has 1 heterocycles. The Balaban J connectivity index is 2.10. The molecule has 2 atom stereocenters. The van der Waals surface area contributed by atoms with Gasteiger partial charge in [-0.25, -0.2) is 0 Å². The predicted octanol–water partition coefficient (Wildman–Crippen LogP) is 3.53. The molecule has 0 spiro atoms. The van der Waals surface area contributed by atoms with E-state index in [1.54, 1.807) is 6.26 Å². The van der Waals surface area contributed by atoms with Gasteiger partial charge in [0.05, 0.1) is 24.7 Å². The minimum Gasteiger partial charge on any atom is -0.472 e. The highest BCUT2D eigenvalue weighted by Gasteiger charge is 2.31. The van der Waals surface area contributed by atoms with E-state index in [1.165, 1.54) is 37.7 Å². The molecule has 2 rings (SSSR count). The second-order valence-corrected chi connectivity index (χ2v) is 5.19. The molecular formula is C15H25NO2. The Morgan fingerprint density at radius 1 is 1.39 bits per heavy atom. The van der Waals surface area contributed by atoms with Crippen molar-refractivity contribution in [2.24, 2.45) is 5.92 Å². The van der Waals surface area contributed by atoms with Crippen LogP contribution in [0.25, 0.3) is 0 Å². The Labute approximate surface area is 110 Å². The maximum Gasteiger partial charge on any atom is 0.0951 e. The molecule has 2 unspecified atom stereocenters. The van der Waals surface area contributed by atoms with Crippen molar-refractivity contribution in [3.05, 3.63) is 24.2 Å². The van der Waals surface area contributed by atoms with E-state index in [0.717, 1.165) is 6.54 Å². The molecule has 0 saturated heterocycles. The number of nitrogens with one attached hydrogen (secondary N) is 1. The minimum absolute atomic E-state index is 0.252. The second kappa shape index (κ2) is 6.95. The van der Waals surface area contributed by atoms with Crippen molar-refractivity contribution in [3.63, 3.8) is 0 Å². The number of furan rings is 1. The summed E-state index contributed by atoms with van der Waals surface area (Å²) >= 11 is 0. The molecule has 1 aliphatic rings. The van der Waals surface area contributed by atoms with E-state index in [-0.39, 0.29) is 12.1 Å². The van der Waals surface area contributed by atoms with Crippen LogP contribution in [0, 0.1) is 5.92 Å². The average molecular weight is 251 g/mol. The summed E-state index contributed by atoms with van der Waals surface area (Å²) in [6.07, 6.45) is 10.5. The van der Waals surface area contributed by atoms with Crippen molar-refractivity contribution in [3.8, 4) is 0 Å². The van der Waals surface area contributed by atoms with Gasteiger partial charge in [0, 0.05) is 12.7 Å². The molecule has 1 saturated carbocycles. The third kappa shape index (κ3) is 3.15. The SMILES string of the molecule is CCNC(c1ccoc1)C(OC)C1CCCCC1. The largest absolute Gasteiger partial charge is 0.472 e. The van der Waals surface area contributed by atoms with Crippen molar-refractivity contribution in [1.82, 2.24) is 5.32 Å². The van der Waals surface area contributed by atoms with Gasteiger partial charge in [-0.1, -0.05) is 26.2 Å². The standard InChI is InChI=1S/C15H25NO2/c1-3-16-14(13-9-10-18-11-13)15(17-2)12-7-5-4-6-8-12/h9-12,14-16H,3-8H2,1-2H3. The third-order valence-corrected chi connectivity index (χ3v) is 4.04. The first-order valence-corrected chi connectivity index (χ1v) is 7.15. The van der Waals surface area contributed by atoms with Gasteiger partial charge in [0.1, 0.15) is 0 Å². The minimum atomic E-state index is 0.252. The number of hydrogen-bond acceptors (Lipinski definition) is 3. The van der Waals surface area contributed by atoms with Crippen LogP contribution in [-0.4, -0.2) is 19.8 Å². The van der Waals surface area contributed by atoms with Crippen LogP contribution in [-0.2, 0) is 4.74 Å². The highest BCUT2D eigenvalue weighted by molar-refractivity contribution is 5.14. The van der Waals surface area contributed by atoms with Crippen molar-refractivity contribution in [1.29, 1.82) is 0 Å². The lowest BCUT2D eigenvalue weighted by Crippen LogP contribution is -2.38. The number of likely N-dealkylation sites (N-methyl/N-ethyl adjacent to an activating group) is 1. The Kier molecular flexibility index (Phi) is 5.26. The van der Waals surface area contributed by atoms with E-state index in [4.69, 9.17) is 9.15 Å². The van der Waals surface area contributed by atoms with Crippen LogP contribution >= 0.6 is 0 Å². The molecule has 0 radical (unpaired) electrons. The Morgan fingerprint density at radius 2 is 2.17 bits per heavy atom. The van der Waals surface area contributed by atoms with Crippen LogP contribution in [0.4, 0.5) is 0 Å². The van der Waals surface area contributed by atoms with Crippen LogP contribution < -0.4 is 5.32 Å². The molecule has 3 heteroatoms. The fraction of sp³-hybridized carbons (Fsp3) is 0.733. The van der Waals surface area contributed by atoms with E-state index in [9.17, 15) is 0 Å². The van der Waals surface area contributed by atoms with E-state index in [2.05, 4.69) is 12.2 Å². The smallest absolute Gasteiger partial charge is 0.0951 e. The van der Waals surface area contributed by atoms with E-state index in [0.29, 0.717) is 5.92 Å². The summed E-state index contributed by atoms with van der Waals surface area (Å²) in [7, 11) is 1.84. The maximum atomic E-state index is 5.82. The van der Waals surface area contributed by atoms with Gasteiger partial charge in [0.2, 0.25) is 0 Å². The highest BCUT2D eigenvalue weighted by atomic mass is 16.5. The van der Waals surface area contributed by atoms with Crippen LogP contribution in [0.1, 0.15) is 50.6 Å². The molecule has 1 aromatic heterocycles. The Hall–Kier alpha value is -0.800. The fourth-order valence-electron chi connectivity index (χ4n) is 3.16. The van der Waals surface area contributed by atoms with Gasteiger partial charge in [-0.15, -0.1) is 0 Å². The van der Waals surface area contributed by atoms with Crippen LogP contribution in [0.3, 0.4) is 0 Å². The van der Waals surface area contributed by atoms with Crippen LogP contribution in [0.2, 0.25) is 0 Å². The summed E-state index contributed by atoms with van der Waals surface area (Å²) in [4.78, 5) is 0. The van der Waals surface area contributed by atoms with Gasteiger partial charge in [-0.3, -0.25) is 0 Å². The zero-order valence-corrected chi connectivity index (χ0v) is 11.5. The molecule has 3 nitrogen and oxygen atoms in total. The lowest BCUT2D eigenvalue weighted by Gasteiger charge is -2.35. The molecule has 1 N–H and O–H groups in total. The monoisotopic (exact) mass is 251 g/mol. The van der Waals surface area contributed by atoms with Gasteiger partial charge in [-0.05, 0) is 31.4 Å². The second-order valence-electron chi connectivity index (χ2n) is 5.19. The van der Waals surface area contributed by atoms with E-state index in [1.807, 2.05) is 19.4 Å². The molecule has 102 valence electrons. The lowest BCUT2D eigenvalue weighted by atomic mass is 9.81. The fourth-order valence-corrected chi connectivity index (χ4v) is 3.16. The van der Waals surface area contributed by atoms with Crippen molar-refractivity contribution < 1.29 is 9.15 Å². The topological polar surface area (TPSA) is 34.4 Å². The average Bonchev–Trinajstić information content (AvgIpc) is 2.93. The molecule has 1 aromatic rings. The van der Waals surface area contributed by atoms with Crippen LogP contribution in [0.15, 0.2) is 23.0 Å². The van der Waals surface area contributed by atoms with Gasteiger partial charge in [0.25, 0.3) is 0 Å². The third-order valence-electron chi connectivity index (χ3n) is 4.04. The molecule has 0 bridgehead atoms. The Morgan fingerprint density at radius 3 is 2.72 bits per heavy atom. The molecule has 1 aliphatic carbocycles. The Bertz CT molecular complexity index is 317. The number of methoxy groups -OCH3 is 1. The normalized spacial score (nSPS) is 20.8. The maximum absolute atomic E-state index is 5.82. The predicted molar refractivity (Wildman–Crippen MR) is 72.5 cm³/mol. The summed E-state index contributed by atoms with van der Waals surface area (Å²) in [6.45, 7) is 3.09. The number of hydrogen-bond donors (Lipinski definition) is 1. The summed E-state index contributed by atoms with van der Waals surface area (Å²) < 4.78 is 11.1. The highest BCUT2D eigenvalue weighted by Crippen LogP contribution is 2.34. The summed E-state index contributed by atoms with van der Waals surface area (Å²) in [5.41, 5.74) is 1.20. The van der Waals surface area contributed by atoms with Crippen molar-refractivity contribution >= 4 is 0 Å². The summed E-state index contributed by atoms with van der Waals surface area (Å²) in [5, 5.41) is 3.55. The molecule has 18 heavy (non-hydrogen) atoms. The summed E-state index contributed by atoms with van der Waals surface area (Å²) in [6, 6.07) is 2.30. The first-order valence-electron chi connectivity index (χ1n) is 7.15. The van der Waals surface area contributed by atoms with Crippen LogP contribution in [0.5, 0.6) is 0 Å². The number of rotatable bonds is 6. The zero-order chi connectivity index (χ0) is 12.8. The molecule has 0 amide bonds. The zero-order valence-electron chi connectivity index (χ0n) is 11.5. The van der Waals surface area contributed by atoms with Crippen molar-refractivity contribution in [2.75, 3.05) is 13.7 Å². The molecule has 0 aliphatic heterocycles. The van der Waals surface area contributed by atoms with E-state index >= 15 is 0 Å². The van der Waals surface area contributed by atoms with Gasteiger partial charge < -0.3 is 14.5 Å². The first kappa shape index (κ1) is 13.6. The van der Waals surface area contributed by atoms with Gasteiger partial charge in [-0.2, -0.15) is 0 Å². The first-order chi connectivity index (χ1) is 8.86. The summed E-state index contributed by atoms with van der Waals surface area (Å²) in [5.74, 6) is 0.669. The molecular weight excluding hydrogens is 226 g/mol. The molecule has 1 fully saturated rings. The van der Waals surface area contributed by atoms with Crippen molar-refractivity contribution in [2.45, 2.75) is 51.2 Å². The quantitative estimate of drug-likeness (QED) is 0.840. The molecule has 0 aromatic carbocycles. The number of ether oxygens (including phenoxy) is 1. The lowest BCUT2D eigenvalue weighted by molar-refractivity contribution is 0.00779. The van der Waals surface area contributed by atoms with E-state index < -0.39 is 0 Å². The van der Waals surface area contributed by atoms with Gasteiger partial charge in [0.15, 0.2) is 0 Å². The van der Waals surface area contributed by atoms with Gasteiger partial charge >= 0.3 is 0 Å².